The fourth-order valence-electron chi connectivity index (χ4n) is 1.80. The number of aromatic nitrogens is 3. The van der Waals surface area contributed by atoms with Crippen LogP contribution in [0.2, 0.25) is 0 Å². The van der Waals surface area contributed by atoms with Crippen LogP contribution in [0.3, 0.4) is 0 Å². The Balaban J connectivity index is 2.29. The Morgan fingerprint density at radius 1 is 1.17 bits per heavy atom. The molecular weight excluding hydrogens is 228 g/mol. The molecule has 88 valence electrons. The van der Waals surface area contributed by atoms with Crippen molar-refractivity contribution in [2.45, 2.75) is 0 Å². The highest BCUT2D eigenvalue weighted by Crippen LogP contribution is 2.17. The molecule has 5 nitrogen and oxygen atoms in total. The summed E-state index contributed by atoms with van der Waals surface area (Å²) in [5.74, 6) is 0. The van der Waals surface area contributed by atoms with Crippen molar-refractivity contribution in [2.24, 2.45) is 0 Å². The average Bonchev–Trinajstić information content (AvgIpc) is 2.38. The Labute approximate surface area is 102 Å². The summed E-state index contributed by atoms with van der Waals surface area (Å²) in [5, 5.41) is 0. The number of benzene rings is 1. The molecule has 0 saturated heterocycles. The van der Waals surface area contributed by atoms with Gasteiger partial charge in [0.25, 0.3) is 5.56 Å². The molecule has 0 aliphatic rings. The van der Waals surface area contributed by atoms with Crippen LogP contribution in [0.25, 0.3) is 22.4 Å². The van der Waals surface area contributed by atoms with Gasteiger partial charge in [0, 0.05) is 17.4 Å². The van der Waals surface area contributed by atoms with Gasteiger partial charge in [-0.15, -0.1) is 0 Å². The van der Waals surface area contributed by atoms with Gasteiger partial charge in [0.2, 0.25) is 0 Å². The molecule has 3 N–H and O–H groups in total. The normalized spacial score (nSPS) is 10.7. The molecule has 5 heteroatoms. The molecule has 0 unspecified atom stereocenters. The van der Waals surface area contributed by atoms with Crippen LogP contribution in [0.15, 0.2) is 47.4 Å². The molecule has 2 heterocycles. The van der Waals surface area contributed by atoms with E-state index in [4.69, 9.17) is 5.73 Å². The van der Waals surface area contributed by atoms with Crippen LogP contribution < -0.4 is 11.3 Å². The number of nitrogens with zero attached hydrogens (tertiary/aromatic N) is 2. The number of nitrogen functional groups attached to an aromatic ring is 1. The Hall–Kier alpha value is -2.69. The maximum Gasteiger partial charge on any atom is 0.276 e. The van der Waals surface area contributed by atoms with Crippen LogP contribution in [0.5, 0.6) is 0 Å². The van der Waals surface area contributed by atoms with Gasteiger partial charge in [0.1, 0.15) is 11.2 Å². The molecule has 3 rings (SSSR count). The van der Waals surface area contributed by atoms with Gasteiger partial charge in [-0.2, -0.15) is 0 Å². The lowest BCUT2D eigenvalue weighted by atomic mass is 10.1. The van der Waals surface area contributed by atoms with Crippen LogP contribution in [0.4, 0.5) is 5.69 Å². The molecule has 18 heavy (non-hydrogen) atoms. The van der Waals surface area contributed by atoms with Crippen LogP contribution in [0, 0.1) is 0 Å². The summed E-state index contributed by atoms with van der Waals surface area (Å²) in [6.07, 6.45) is 1.61. The van der Waals surface area contributed by atoms with Gasteiger partial charge < -0.3 is 10.7 Å². The third-order valence-electron chi connectivity index (χ3n) is 2.63. The fraction of sp³-hybridized carbons (Fsp3) is 0. The van der Waals surface area contributed by atoms with Gasteiger partial charge in [0.15, 0.2) is 5.65 Å². The summed E-state index contributed by atoms with van der Waals surface area (Å²) >= 11 is 0. The number of hydrogen-bond donors (Lipinski definition) is 2. The third kappa shape index (κ3) is 1.71. The van der Waals surface area contributed by atoms with Gasteiger partial charge in [0.05, 0.1) is 0 Å². The Bertz CT molecular complexity index is 779. The van der Waals surface area contributed by atoms with E-state index in [1.54, 1.807) is 42.6 Å². The largest absolute Gasteiger partial charge is 0.399 e. The molecule has 0 spiro atoms. The molecule has 0 saturated carbocycles. The lowest BCUT2D eigenvalue weighted by Crippen LogP contribution is -2.12. The maximum atomic E-state index is 11.9. The van der Waals surface area contributed by atoms with Crippen molar-refractivity contribution in [2.75, 3.05) is 5.73 Å². The van der Waals surface area contributed by atoms with E-state index in [0.717, 1.165) is 0 Å². The van der Waals surface area contributed by atoms with Gasteiger partial charge in [-0.25, -0.2) is 9.97 Å². The molecule has 0 aliphatic carbocycles. The van der Waals surface area contributed by atoms with Crippen LogP contribution >= 0.6 is 0 Å². The summed E-state index contributed by atoms with van der Waals surface area (Å²) < 4.78 is 0. The molecule has 3 aromatic rings. The van der Waals surface area contributed by atoms with E-state index in [1.807, 2.05) is 0 Å². The van der Waals surface area contributed by atoms with E-state index < -0.39 is 0 Å². The minimum absolute atomic E-state index is 0.271. The summed E-state index contributed by atoms with van der Waals surface area (Å²) in [5.41, 5.74) is 8.21. The highest BCUT2D eigenvalue weighted by atomic mass is 16.1. The van der Waals surface area contributed by atoms with Gasteiger partial charge in [-0.3, -0.25) is 4.79 Å². The second kappa shape index (κ2) is 3.96. The zero-order valence-electron chi connectivity index (χ0n) is 9.42. The molecule has 0 aliphatic heterocycles. The first-order valence-electron chi connectivity index (χ1n) is 5.45. The minimum Gasteiger partial charge on any atom is -0.399 e. The second-order valence-corrected chi connectivity index (χ2v) is 3.91. The quantitative estimate of drug-likeness (QED) is 0.630. The van der Waals surface area contributed by atoms with Crippen LogP contribution in [-0.2, 0) is 0 Å². The first-order chi connectivity index (χ1) is 8.74. The number of hydrogen-bond acceptors (Lipinski definition) is 4. The van der Waals surface area contributed by atoms with E-state index in [1.165, 1.54) is 0 Å². The second-order valence-electron chi connectivity index (χ2n) is 3.91. The summed E-state index contributed by atoms with van der Waals surface area (Å²) in [6, 6.07) is 10.7. The van der Waals surface area contributed by atoms with Crippen molar-refractivity contribution in [3.8, 4) is 11.3 Å². The minimum atomic E-state index is -0.271. The standard InChI is InChI=1S/C13H10N4O/c14-9-4-1-3-8(7-9)11-13(18)17-12-10(16-11)5-2-6-15-12/h1-7H,14H2,(H,15,17,18). The highest BCUT2D eigenvalue weighted by molar-refractivity contribution is 5.74. The number of fused-ring (bicyclic) bond motifs is 1. The van der Waals surface area contributed by atoms with E-state index in [0.29, 0.717) is 28.1 Å². The highest BCUT2D eigenvalue weighted by Gasteiger charge is 2.07. The summed E-state index contributed by atoms with van der Waals surface area (Å²) in [6.45, 7) is 0. The van der Waals surface area contributed by atoms with E-state index in [-0.39, 0.29) is 5.56 Å². The topological polar surface area (TPSA) is 84.7 Å². The Morgan fingerprint density at radius 2 is 2.06 bits per heavy atom. The predicted molar refractivity (Wildman–Crippen MR) is 70.0 cm³/mol. The Kier molecular flexibility index (Phi) is 2.30. The Morgan fingerprint density at radius 3 is 2.89 bits per heavy atom. The molecule has 0 fully saturated rings. The number of nitrogens with two attached hydrogens (primary N) is 1. The zero-order chi connectivity index (χ0) is 12.5. The summed E-state index contributed by atoms with van der Waals surface area (Å²) in [4.78, 5) is 23.0. The van der Waals surface area contributed by atoms with Crippen molar-refractivity contribution in [1.82, 2.24) is 15.0 Å². The lowest BCUT2D eigenvalue weighted by molar-refractivity contribution is 1.17. The van der Waals surface area contributed by atoms with Crippen LogP contribution in [-0.4, -0.2) is 15.0 Å². The number of pyridine rings is 1. The van der Waals surface area contributed by atoms with Crippen molar-refractivity contribution >= 4 is 16.9 Å². The molecule has 1 aromatic carbocycles. The predicted octanol–water partition coefficient (Wildman–Crippen LogP) is 1.57. The van der Waals surface area contributed by atoms with Gasteiger partial charge >= 0.3 is 0 Å². The number of aromatic amines is 1. The van der Waals surface area contributed by atoms with E-state index in [9.17, 15) is 4.79 Å². The first kappa shape index (κ1) is 10.5. The van der Waals surface area contributed by atoms with E-state index in [2.05, 4.69) is 15.0 Å². The number of anilines is 1. The van der Waals surface area contributed by atoms with E-state index >= 15 is 0 Å². The van der Waals surface area contributed by atoms with Crippen molar-refractivity contribution in [1.29, 1.82) is 0 Å². The summed E-state index contributed by atoms with van der Waals surface area (Å²) in [7, 11) is 0. The maximum absolute atomic E-state index is 11.9. The molecule has 2 aromatic heterocycles. The average molecular weight is 238 g/mol. The first-order valence-corrected chi connectivity index (χ1v) is 5.45. The monoisotopic (exact) mass is 238 g/mol. The van der Waals surface area contributed by atoms with Gasteiger partial charge in [-0.1, -0.05) is 12.1 Å². The van der Waals surface area contributed by atoms with Crippen molar-refractivity contribution in [3.05, 3.63) is 52.9 Å². The van der Waals surface area contributed by atoms with Crippen molar-refractivity contribution < 1.29 is 0 Å². The SMILES string of the molecule is Nc1cccc(-c2nc3cccnc3[nH]c2=O)c1. The number of H-pyrrole nitrogens is 1. The molecule has 0 radical (unpaired) electrons. The smallest absolute Gasteiger partial charge is 0.276 e. The third-order valence-corrected chi connectivity index (χ3v) is 2.63. The molecular formula is C13H10N4O. The fourth-order valence-corrected chi connectivity index (χ4v) is 1.80. The molecule has 0 bridgehead atoms. The van der Waals surface area contributed by atoms with Gasteiger partial charge in [-0.05, 0) is 24.3 Å². The lowest BCUT2D eigenvalue weighted by Gasteiger charge is -2.02. The molecule has 0 atom stereocenters. The molecule has 0 amide bonds. The number of rotatable bonds is 1. The van der Waals surface area contributed by atoms with Crippen molar-refractivity contribution in [3.63, 3.8) is 0 Å². The van der Waals surface area contributed by atoms with Crippen LogP contribution in [0.1, 0.15) is 0 Å². The number of nitrogens with one attached hydrogen (secondary N) is 1. The zero-order valence-corrected chi connectivity index (χ0v) is 9.42.